The molecule has 0 saturated carbocycles. The summed E-state index contributed by atoms with van der Waals surface area (Å²) in [5, 5.41) is 13.7. The first-order chi connectivity index (χ1) is 9.97. The molecule has 0 rings (SSSR count). The van der Waals surface area contributed by atoms with Crippen molar-refractivity contribution in [3.05, 3.63) is 0 Å². The number of hydrogen-bond acceptors (Lipinski definition) is 5. The van der Waals surface area contributed by atoms with E-state index in [-0.39, 0.29) is 12.8 Å². The lowest BCUT2D eigenvalue weighted by atomic mass is 10.1. The van der Waals surface area contributed by atoms with Crippen LogP contribution in [0, 0.1) is 0 Å². The van der Waals surface area contributed by atoms with Crippen LogP contribution in [0.3, 0.4) is 0 Å². The van der Waals surface area contributed by atoms with Gasteiger partial charge in [0.2, 0.25) is 5.91 Å². The van der Waals surface area contributed by atoms with Crippen LogP contribution in [0.4, 0.5) is 4.79 Å². The van der Waals surface area contributed by atoms with Crippen LogP contribution < -0.4 is 16.4 Å². The number of urea groups is 1. The van der Waals surface area contributed by atoms with Gasteiger partial charge in [-0.2, -0.15) is 0 Å². The normalized spacial score (nSPS) is 11.7. The van der Waals surface area contributed by atoms with Crippen molar-refractivity contribution in [3.63, 3.8) is 0 Å². The summed E-state index contributed by atoms with van der Waals surface area (Å²) in [6.45, 7) is 1.81. The average molecular weight is 305 g/mol. The van der Waals surface area contributed by atoms with E-state index in [0.717, 1.165) is 0 Å². The zero-order valence-corrected chi connectivity index (χ0v) is 12.1. The van der Waals surface area contributed by atoms with Gasteiger partial charge in [-0.05, 0) is 12.8 Å². The molecule has 0 aromatic carbocycles. The first-order valence-electron chi connectivity index (χ1n) is 6.59. The molecule has 0 aromatic rings. The van der Waals surface area contributed by atoms with Crippen molar-refractivity contribution in [3.8, 4) is 0 Å². The largest absolute Gasteiger partial charge is 0.480 e. The lowest BCUT2D eigenvalue weighted by molar-refractivity contribution is -0.139. The Balaban J connectivity index is 3.78. The third kappa shape index (κ3) is 11.6. The van der Waals surface area contributed by atoms with E-state index in [1.807, 2.05) is 0 Å². The van der Waals surface area contributed by atoms with Crippen molar-refractivity contribution in [2.24, 2.45) is 5.73 Å². The van der Waals surface area contributed by atoms with Gasteiger partial charge in [-0.1, -0.05) is 0 Å². The summed E-state index contributed by atoms with van der Waals surface area (Å²) >= 11 is 0. The van der Waals surface area contributed by atoms with Gasteiger partial charge in [0.15, 0.2) is 0 Å². The number of methoxy groups -OCH3 is 1. The summed E-state index contributed by atoms with van der Waals surface area (Å²) in [7, 11) is 1.58. The molecule has 0 aliphatic rings. The van der Waals surface area contributed by atoms with Crippen molar-refractivity contribution in [2.75, 3.05) is 33.5 Å². The fraction of sp³-hybridized carbons (Fsp3) is 0.750. The molecule has 3 amide bonds. The quantitative estimate of drug-likeness (QED) is 0.343. The monoisotopic (exact) mass is 305 g/mol. The zero-order valence-electron chi connectivity index (χ0n) is 12.1. The van der Waals surface area contributed by atoms with Crippen molar-refractivity contribution >= 4 is 17.9 Å². The minimum absolute atomic E-state index is 0.0434. The van der Waals surface area contributed by atoms with E-state index >= 15 is 0 Å². The molecule has 0 aromatic heterocycles. The summed E-state index contributed by atoms with van der Waals surface area (Å²) in [5.74, 6) is -1.83. The molecule has 0 bridgehead atoms. The Morgan fingerprint density at radius 1 is 1.24 bits per heavy atom. The van der Waals surface area contributed by atoms with Gasteiger partial charge >= 0.3 is 12.0 Å². The molecular formula is C12H23N3O6. The fourth-order valence-corrected chi connectivity index (χ4v) is 1.37. The number of carboxylic acid groups (broad SMARTS) is 1. The predicted octanol–water partition coefficient (Wildman–Crippen LogP) is -0.943. The number of hydrogen-bond donors (Lipinski definition) is 4. The lowest BCUT2D eigenvalue weighted by Crippen LogP contribution is -2.46. The molecule has 1 atom stereocenters. The molecule has 0 aliphatic carbocycles. The van der Waals surface area contributed by atoms with E-state index in [9.17, 15) is 14.4 Å². The van der Waals surface area contributed by atoms with Crippen molar-refractivity contribution in [1.82, 2.24) is 10.6 Å². The maximum atomic E-state index is 11.5. The summed E-state index contributed by atoms with van der Waals surface area (Å²) in [4.78, 5) is 33.0. The highest BCUT2D eigenvalue weighted by molar-refractivity contribution is 5.83. The van der Waals surface area contributed by atoms with Gasteiger partial charge in [-0.15, -0.1) is 0 Å². The number of carbonyl (C=O) groups excluding carboxylic acids is 2. The van der Waals surface area contributed by atoms with Crippen LogP contribution in [-0.2, 0) is 19.1 Å². The summed E-state index contributed by atoms with van der Waals surface area (Å²) in [6, 6.07) is -1.75. The van der Waals surface area contributed by atoms with Crippen molar-refractivity contribution < 1.29 is 29.0 Å². The van der Waals surface area contributed by atoms with Crippen LogP contribution in [0.25, 0.3) is 0 Å². The van der Waals surface area contributed by atoms with Crippen LogP contribution in [0.2, 0.25) is 0 Å². The van der Waals surface area contributed by atoms with Crippen LogP contribution in [0.15, 0.2) is 0 Å². The van der Waals surface area contributed by atoms with E-state index < -0.39 is 23.9 Å². The Kier molecular flexibility index (Phi) is 10.9. The second kappa shape index (κ2) is 11.9. The third-order valence-corrected chi connectivity index (χ3v) is 2.47. The molecule has 0 fully saturated rings. The maximum Gasteiger partial charge on any atom is 0.326 e. The predicted molar refractivity (Wildman–Crippen MR) is 73.7 cm³/mol. The molecular weight excluding hydrogens is 282 g/mol. The summed E-state index contributed by atoms with van der Waals surface area (Å²) in [6.07, 6.45) is 0.443. The molecule has 5 N–H and O–H groups in total. The van der Waals surface area contributed by atoms with Crippen LogP contribution >= 0.6 is 0 Å². The van der Waals surface area contributed by atoms with Crippen molar-refractivity contribution in [2.45, 2.75) is 25.3 Å². The third-order valence-electron chi connectivity index (χ3n) is 2.47. The fourth-order valence-electron chi connectivity index (χ4n) is 1.37. The van der Waals surface area contributed by atoms with E-state index in [2.05, 4.69) is 10.6 Å². The SMILES string of the molecule is COCCOCCCNC(=O)N[C@@H](CCC(N)=O)C(=O)O. The zero-order chi connectivity index (χ0) is 16.1. The Morgan fingerprint density at radius 2 is 1.95 bits per heavy atom. The molecule has 9 heteroatoms. The smallest absolute Gasteiger partial charge is 0.326 e. The maximum absolute atomic E-state index is 11.5. The van der Waals surface area contributed by atoms with Crippen LogP contribution in [0.1, 0.15) is 19.3 Å². The molecule has 0 aliphatic heterocycles. The molecule has 21 heavy (non-hydrogen) atoms. The number of amides is 3. The van der Waals surface area contributed by atoms with Gasteiger partial charge in [0.25, 0.3) is 0 Å². The molecule has 0 unspecified atom stereocenters. The highest BCUT2D eigenvalue weighted by Crippen LogP contribution is 1.97. The Bertz CT molecular complexity index is 337. The molecule has 0 radical (unpaired) electrons. The van der Waals surface area contributed by atoms with Gasteiger partial charge in [-0.3, -0.25) is 4.79 Å². The average Bonchev–Trinajstić information content (AvgIpc) is 2.41. The van der Waals surface area contributed by atoms with E-state index in [4.69, 9.17) is 20.3 Å². The van der Waals surface area contributed by atoms with Gasteiger partial charge < -0.3 is 30.9 Å². The Labute approximate surface area is 123 Å². The number of primary amides is 1. The minimum Gasteiger partial charge on any atom is -0.480 e. The molecule has 122 valence electrons. The van der Waals surface area contributed by atoms with Gasteiger partial charge in [0.05, 0.1) is 13.2 Å². The van der Waals surface area contributed by atoms with Gasteiger partial charge in [0.1, 0.15) is 6.04 Å². The topological polar surface area (TPSA) is 140 Å². The number of ether oxygens (including phenoxy) is 2. The summed E-state index contributed by atoms with van der Waals surface area (Å²) in [5.41, 5.74) is 4.94. The summed E-state index contributed by atoms with van der Waals surface area (Å²) < 4.78 is 10.00. The molecule has 0 spiro atoms. The van der Waals surface area contributed by atoms with Gasteiger partial charge in [-0.25, -0.2) is 9.59 Å². The number of carbonyl (C=O) groups is 3. The second-order valence-corrected chi connectivity index (χ2v) is 4.25. The first kappa shape index (κ1) is 19.1. The molecule has 0 saturated heterocycles. The number of aliphatic carboxylic acids is 1. The number of carboxylic acids is 1. The molecule has 0 heterocycles. The van der Waals surface area contributed by atoms with Crippen LogP contribution in [0.5, 0.6) is 0 Å². The highest BCUT2D eigenvalue weighted by Gasteiger charge is 2.20. The standard InChI is InChI=1S/C12H23N3O6/c1-20-7-8-21-6-2-5-14-12(19)15-9(11(17)18)3-4-10(13)16/h9H,2-8H2,1H3,(H2,13,16)(H,17,18)(H2,14,15,19)/t9-/m0/s1. The van der Waals surface area contributed by atoms with E-state index in [1.54, 1.807) is 7.11 Å². The second-order valence-electron chi connectivity index (χ2n) is 4.25. The highest BCUT2D eigenvalue weighted by atomic mass is 16.5. The van der Waals surface area contributed by atoms with Gasteiger partial charge in [0, 0.05) is 26.7 Å². The molecule has 9 nitrogen and oxygen atoms in total. The van der Waals surface area contributed by atoms with Crippen LogP contribution in [-0.4, -0.2) is 62.5 Å². The lowest BCUT2D eigenvalue weighted by Gasteiger charge is -2.14. The van der Waals surface area contributed by atoms with E-state index in [0.29, 0.717) is 32.8 Å². The van der Waals surface area contributed by atoms with E-state index in [1.165, 1.54) is 0 Å². The first-order valence-corrected chi connectivity index (χ1v) is 6.59. The number of nitrogens with two attached hydrogens (primary N) is 1. The Hall–Kier alpha value is -1.87. The van der Waals surface area contributed by atoms with Crippen molar-refractivity contribution in [1.29, 1.82) is 0 Å². The Morgan fingerprint density at radius 3 is 2.52 bits per heavy atom. The minimum atomic E-state index is -1.21. The number of rotatable bonds is 12. The number of nitrogens with one attached hydrogen (secondary N) is 2.